The predicted octanol–water partition coefficient (Wildman–Crippen LogP) is 3.50. The summed E-state index contributed by atoms with van der Waals surface area (Å²) < 4.78 is 42.0. The molecule has 2 amide bonds. The van der Waals surface area contributed by atoms with Crippen LogP contribution < -0.4 is 15.4 Å². The second-order valence-corrected chi connectivity index (χ2v) is 5.96. The van der Waals surface area contributed by atoms with Crippen molar-refractivity contribution in [1.82, 2.24) is 5.32 Å². The molecule has 0 spiro atoms. The first-order chi connectivity index (χ1) is 12.6. The van der Waals surface area contributed by atoms with Crippen molar-refractivity contribution in [3.05, 3.63) is 59.2 Å². The second-order valence-electron chi connectivity index (χ2n) is 5.96. The maximum Gasteiger partial charge on any atom is 0.471 e. The summed E-state index contributed by atoms with van der Waals surface area (Å²) in [6.45, 7) is 3.39. The molecule has 2 rings (SSSR count). The van der Waals surface area contributed by atoms with Crippen LogP contribution in [0.4, 0.5) is 18.9 Å². The molecule has 144 valence electrons. The van der Waals surface area contributed by atoms with Crippen LogP contribution in [0.1, 0.15) is 16.7 Å². The van der Waals surface area contributed by atoms with E-state index < -0.39 is 18.0 Å². The van der Waals surface area contributed by atoms with Crippen LogP contribution in [-0.4, -0.2) is 24.6 Å². The van der Waals surface area contributed by atoms with Gasteiger partial charge in [0, 0.05) is 12.2 Å². The molecule has 5 nitrogen and oxygen atoms in total. The molecule has 0 heterocycles. The highest BCUT2D eigenvalue weighted by molar-refractivity contribution is 5.92. The summed E-state index contributed by atoms with van der Waals surface area (Å²) >= 11 is 0. The van der Waals surface area contributed by atoms with E-state index in [9.17, 15) is 22.8 Å². The minimum Gasteiger partial charge on any atom is -0.484 e. The molecule has 0 saturated carbocycles. The Kier molecular flexibility index (Phi) is 6.44. The first-order valence-electron chi connectivity index (χ1n) is 8.09. The number of benzene rings is 2. The molecule has 0 aliphatic heterocycles. The van der Waals surface area contributed by atoms with Crippen molar-refractivity contribution in [3.63, 3.8) is 0 Å². The highest BCUT2D eigenvalue weighted by Gasteiger charge is 2.38. The van der Waals surface area contributed by atoms with Crippen LogP contribution in [0, 0.1) is 13.8 Å². The van der Waals surface area contributed by atoms with Gasteiger partial charge >= 0.3 is 12.1 Å². The Hall–Kier alpha value is -3.03. The van der Waals surface area contributed by atoms with Gasteiger partial charge in [0.25, 0.3) is 5.91 Å². The Labute approximate surface area is 154 Å². The number of carbonyl (C=O) groups excluding carboxylic acids is 2. The van der Waals surface area contributed by atoms with E-state index >= 15 is 0 Å². The minimum atomic E-state index is -4.93. The zero-order valence-electron chi connectivity index (χ0n) is 14.8. The van der Waals surface area contributed by atoms with E-state index in [0.717, 1.165) is 11.1 Å². The van der Waals surface area contributed by atoms with E-state index in [1.54, 1.807) is 23.5 Å². The molecule has 0 saturated heterocycles. The number of hydrogen-bond acceptors (Lipinski definition) is 3. The average Bonchev–Trinajstić information content (AvgIpc) is 2.60. The van der Waals surface area contributed by atoms with Gasteiger partial charge in [-0.05, 0) is 54.8 Å². The molecule has 0 atom stereocenters. The number of anilines is 1. The van der Waals surface area contributed by atoms with Crippen molar-refractivity contribution in [1.29, 1.82) is 0 Å². The van der Waals surface area contributed by atoms with Crippen molar-refractivity contribution in [2.24, 2.45) is 0 Å². The normalized spacial score (nSPS) is 11.0. The second kappa shape index (κ2) is 8.57. The first-order valence-corrected chi connectivity index (χ1v) is 8.09. The molecular formula is C19H19F3N2O3. The van der Waals surface area contributed by atoms with Crippen molar-refractivity contribution in [2.45, 2.75) is 26.6 Å². The first kappa shape index (κ1) is 20.3. The van der Waals surface area contributed by atoms with Crippen LogP contribution in [0.25, 0.3) is 0 Å². The number of rotatable bonds is 6. The van der Waals surface area contributed by atoms with Crippen molar-refractivity contribution in [2.75, 3.05) is 11.9 Å². The summed E-state index contributed by atoms with van der Waals surface area (Å²) in [5.41, 5.74) is 2.96. The lowest BCUT2D eigenvalue weighted by molar-refractivity contribution is -0.173. The summed E-state index contributed by atoms with van der Waals surface area (Å²) in [7, 11) is 0. The van der Waals surface area contributed by atoms with Crippen LogP contribution in [0.5, 0.6) is 5.75 Å². The topological polar surface area (TPSA) is 67.4 Å². The van der Waals surface area contributed by atoms with Gasteiger partial charge in [-0.15, -0.1) is 0 Å². The van der Waals surface area contributed by atoms with Crippen molar-refractivity contribution < 1.29 is 27.5 Å². The van der Waals surface area contributed by atoms with E-state index in [1.165, 1.54) is 12.1 Å². The average molecular weight is 380 g/mol. The number of carbonyl (C=O) groups is 2. The van der Waals surface area contributed by atoms with Crippen LogP contribution in [0.2, 0.25) is 0 Å². The quantitative estimate of drug-likeness (QED) is 0.806. The number of ether oxygens (including phenoxy) is 1. The Morgan fingerprint density at radius 1 is 1.04 bits per heavy atom. The van der Waals surface area contributed by atoms with E-state index in [4.69, 9.17) is 4.74 Å². The third-order valence-electron chi connectivity index (χ3n) is 3.77. The van der Waals surface area contributed by atoms with Crippen molar-refractivity contribution in [3.8, 4) is 5.75 Å². The Morgan fingerprint density at radius 2 is 1.78 bits per heavy atom. The number of aryl methyl sites for hydroxylation is 2. The molecule has 0 aliphatic carbocycles. The zero-order valence-corrected chi connectivity index (χ0v) is 14.8. The Balaban J connectivity index is 1.88. The standard InChI is InChI=1S/C19H19F3N2O3/c1-12-6-7-16(8-13(12)2)27-11-17(25)24-15-5-3-4-14(9-15)10-23-18(26)19(20,21)22/h3-9H,10-11H2,1-2H3,(H,23,26)(H,24,25). The SMILES string of the molecule is Cc1ccc(OCC(=O)Nc2cccc(CNC(=O)C(F)(F)F)c2)cc1C. The van der Waals surface area contributed by atoms with Gasteiger partial charge in [-0.3, -0.25) is 9.59 Å². The Bertz CT molecular complexity index is 835. The molecule has 0 fully saturated rings. The molecule has 2 N–H and O–H groups in total. The van der Waals surface area contributed by atoms with E-state index in [0.29, 0.717) is 17.0 Å². The maximum atomic E-state index is 12.2. The number of nitrogens with one attached hydrogen (secondary N) is 2. The van der Waals surface area contributed by atoms with Gasteiger partial charge < -0.3 is 15.4 Å². The monoisotopic (exact) mass is 380 g/mol. The summed E-state index contributed by atoms with van der Waals surface area (Å²) in [4.78, 5) is 22.8. The fourth-order valence-corrected chi connectivity index (χ4v) is 2.19. The molecule has 2 aromatic carbocycles. The third-order valence-corrected chi connectivity index (χ3v) is 3.77. The minimum absolute atomic E-state index is 0.211. The van der Waals surface area contributed by atoms with Gasteiger partial charge in [0.05, 0.1) is 0 Å². The number of hydrogen-bond donors (Lipinski definition) is 2. The lowest BCUT2D eigenvalue weighted by atomic mass is 10.1. The Morgan fingerprint density at radius 3 is 2.44 bits per heavy atom. The maximum absolute atomic E-state index is 12.2. The molecule has 0 aromatic heterocycles. The number of halogens is 3. The summed E-state index contributed by atoms with van der Waals surface area (Å²) in [5, 5.41) is 4.37. The van der Waals surface area contributed by atoms with Gasteiger partial charge in [0.15, 0.2) is 6.61 Å². The van der Waals surface area contributed by atoms with Crippen molar-refractivity contribution >= 4 is 17.5 Å². The molecule has 8 heteroatoms. The zero-order chi connectivity index (χ0) is 20.0. The predicted molar refractivity (Wildman–Crippen MR) is 94.4 cm³/mol. The molecular weight excluding hydrogens is 361 g/mol. The molecule has 2 aromatic rings. The van der Waals surface area contributed by atoms with Gasteiger partial charge in [-0.2, -0.15) is 13.2 Å². The van der Waals surface area contributed by atoms with Gasteiger partial charge in [0.1, 0.15) is 5.75 Å². The van der Waals surface area contributed by atoms with Gasteiger partial charge in [0.2, 0.25) is 0 Å². The molecule has 27 heavy (non-hydrogen) atoms. The summed E-state index contributed by atoms with van der Waals surface area (Å²) in [5.74, 6) is -1.86. The molecule has 0 bridgehead atoms. The summed E-state index contributed by atoms with van der Waals surface area (Å²) in [6.07, 6.45) is -4.93. The van der Waals surface area contributed by atoms with Gasteiger partial charge in [-0.1, -0.05) is 18.2 Å². The van der Waals surface area contributed by atoms with Gasteiger partial charge in [-0.25, -0.2) is 0 Å². The van der Waals surface area contributed by atoms with Crippen LogP contribution in [-0.2, 0) is 16.1 Å². The fraction of sp³-hybridized carbons (Fsp3) is 0.263. The smallest absolute Gasteiger partial charge is 0.471 e. The van der Waals surface area contributed by atoms with Crippen LogP contribution in [0.15, 0.2) is 42.5 Å². The van der Waals surface area contributed by atoms with E-state index in [1.807, 2.05) is 26.0 Å². The van der Waals surface area contributed by atoms with Crippen LogP contribution >= 0.6 is 0 Å². The molecule has 0 radical (unpaired) electrons. The highest BCUT2D eigenvalue weighted by atomic mass is 19.4. The molecule has 0 aliphatic rings. The van der Waals surface area contributed by atoms with E-state index in [2.05, 4.69) is 5.32 Å². The van der Waals surface area contributed by atoms with Crippen LogP contribution in [0.3, 0.4) is 0 Å². The van der Waals surface area contributed by atoms with E-state index in [-0.39, 0.29) is 13.2 Å². The highest BCUT2D eigenvalue weighted by Crippen LogP contribution is 2.17. The third kappa shape index (κ3) is 6.32. The lowest BCUT2D eigenvalue weighted by Crippen LogP contribution is -2.36. The number of alkyl halides is 3. The lowest BCUT2D eigenvalue weighted by Gasteiger charge is -2.11. The summed E-state index contributed by atoms with van der Waals surface area (Å²) in [6, 6.07) is 11.6. The molecule has 0 unspecified atom stereocenters. The number of amides is 2. The fourth-order valence-electron chi connectivity index (χ4n) is 2.19. The largest absolute Gasteiger partial charge is 0.484 e.